The lowest BCUT2D eigenvalue weighted by molar-refractivity contribution is 0.669. The summed E-state index contributed by atoms with van der Waals surface area (Å²) < 4.78 is 13.7. The second kappa shape index (κ2) is 14.5. The van der Waals surface area contributed by atoms with Gasteiger partial charge in [0.1, 0.15) is 11.2 Å². The van der Waals surface area contributed by atoms with Crippen molar-refractivity contribution >= 4 is 118 Å². The van der Waals surface area contributed by atoms with Crippen molar-refractivity contribution in [2.45, 2.75) is 0 Å². The minimum Gasteiger partial charge on any atom is -0.456 e. The molecule has 0 atom stereocenters. The maximum atomic E-state index is 6.38. The molecule has 0 fully saturated rings. The van der Waals surface area contributed by atoms with Crippen LogP contribution in [0, 0.1) is 0 Å². The van der Waals surface area contributed by atoms with E-state index in [2.05, 4.69) is 199 Å². The van der Waals surface area contributed by atoms with Gasteiger partial charge in [-0.1, -0.05) is 127 Å². The van der Waals surface area contributed by atoms with Crippen LogP contribution in [0.5, 0.6) is 0 Å². The van der Waals surface area contributed by atoms with Crippen molar-refractivity contribution in [1.29, 1.82) is 0 Å². The lowest BCUT2D eigenvalue weighted by Gasteiger charge is -2.17. The summed E-state index contributed by atoms with van der Waals surface area (Å²) in [7, 11) is 0. The van der Waals surface area contributed by atoms with Gasteiger partial charge in [0.05, 0.1) is 16.7 Å². The normalized spacial score (nSPS) is 12.1. The minimum absolute atomic E-state index is 0.605. The van der Waals surface area contributed by atoms with Crippen LogP contribution in [0.1, 0.15) is 0 Å². The Hall–Kier alpha value is -8.49. The van der Waals surface area contributed by atoms with E-state index in [4.69, 9.17) is 19.4 Å². The van der Waals surface area contributed by atoms with E-state index >= 15 is 0 Å². The van der Waals surface area contributed by atoms with E-state index in [1.54, 1.807) is 22.7 Å². The van der Waals surface area contributed by atoms with Crippen LogP contribution in [0.3, 0.4) is 0 Å². The molecule has 5 aromatic heterocycles. The smallest absolute Gasteiger partial charge is 0.164 e. The van der Waals surface area contributed by atoms with E-state index in [-0.39, 0.29) is 0 Å². The lowest BCUT2D eigenvalue weighted by atomic mass is 9.98. The second-order valence-electron chi connectivity index (χ2n) is 17.5. The van der Waals surface area contributed by atoms with Crippen LogP contribution in [-0.4, -0.2) is 19.5 Å². The molecule has 0 aliphatic rings. The average Bonchev–Trinajstić information content (AvgIpc) is 4.16. The predicted molar refractivity (Wildman–Crippen MR) is 286 cm³/mol. The summed E-state index contributed by atoms with van der Waals surface area (Å²) >= 11 is 3.60. The van der Waals surface area contributed by atoms with Gasteiger partial charge in [0, 0.05) is 84.1 Å². The molecular weight excluding hydrogens is 869 g/mol. The van der Waals surface area contributed by atoms with Gasteiger partial charge in [0.15, 0.2) is 17.5 Å². The van der Waals surface area contributed by atoms with Crippen molar-refractivity contribution in [2.75, 3.05) is 0 Å². The van der Waals surface area contributed by atoms with Crippen molar-refractivity contribution in [3.63, 3.8) is 0 Å². The van der Waals surface area contributed by atoms with Gasteiger partial charge in [-0.25, -0.2) is 15.0 Å². The number of aromatic nitrogens is 4. The summed E-state index contributed by atoms with van der Waals surface area (Å²) in [6.45, 7) is 0. The summed E-state index contributed by atoms with van der Waals surface area (Å²) in [6.07, 6.45) is 0. The van der Waals surface area contributed by atoms with E-state index < -0.39 is 0 Å². The first-order valence-electron chi connectivity index (χ1n) is 22.7. The molecule has 0 amide bonds. The van der Waals surface area contributed by atoms with Crippen LogP contribution >= 0.6 is 22.7 Å². The number of hydrogen-bond acceptors (Lipinski definition) is 6. The Morgan fingerprint density at radius 3 is 1.62 bits per heavy atom. The molecule has 68 heavy (non-hydrogen) atoms. The van der Waals surface area contributed by atoms with E-state index in [1.807, 2.05) is 12.1 Å². The summed E-state index contributed by atoms with van der Waals surface area (Å²) in [5.74, 6) is 1.89. The largest absolute Gasteiger partial charge is 0.456 e. The molecule has 0 saturated carbocycles. The summed E-state index contributed by atoms with van der Waals surface area (Å²) in [6, 6.07) is 73.9. The number of furan rings is 1. The van der Waals surface area contributed by atoms with Gasteiger partial charge in [-0.2, -0.15) is 0 Å². The van der Waals surface area contributed by atoms with Crippen molar-refractivity contribution in [3.8, 4) is 51.0 Å². The molecule has 0 aliphatic carbocycles. The molecule has 0 N–H and O–H groups in total. The highest BCUT2D eigenvalue weighted by Gasteiger charge is 2.23. The van der Waals surface area contributed by atoms with Crippen LogP contribution in [-0.2, 0) is 0 Å². The van der Waals surface area contributed by atoms with E-state index in [1.165, 1.54) is 51.1 Å². The second-order valence-corrected chi connectivity index (χ2v) is 19.6. The fourth-order valence-electron chi connectivity index (χ4n) is 10.6. The molecule has 5 nitrogen and oxygen atoms in total. The number of hydrogen-bond donors (Lipinski definition) is 0. The SMILES string of the molecule is c1ccc2cc3c(cc2c1)c1ccccc1n3-c1ccc(-c2nc(-c3cccc4sc5ccccc5c34)nc(-c3cccc4sc5ccccc5c34)n2)cc1-c1ccc2oc3ccccc3c2c1. The molecule has 0 bridgehead atoms. The van der Waals surface area contributed by atoms with Gasteiger partial charge in [-0.3, -0.25) is 0 Å². The van der Waals surface area contributed by atoms with Gasteiger partial charge in [-0.15, -0.1) is 22.7 Å². The zero-order valence-corrected chi connectivity index (χ0v) is 37.8. The minimum atomic E-state index is 0.605. The Morgan fingerprint density at radius 1 is 0.338 bits per heavy atom. The fourth-order valence-corrected chi connectivity index (χ4v) is 12.8. The molecule has 0 radical (unpaired) electrons. The molecule has 7 heteroatoms. The van der Waals surface area contributed by atoms with Gasteiger partial charge in [0.2, 0.25) is 0 Å². The van der Waals surface area contributed by atoms with E-state index in [0.717, 1.165) is 77.2 Å². The molecule has 0 unspecified atom stereocenters. The molecule has 316 valence electrons. The molecule has 0 spiro atoms. The summed E-state index contributed by atoms with van der Waals surface area (Å²) in [4.78, 5) is 16.4. The third-order valence-electron chi connectivity index (χ3n) is 13.6. The van der Waals surface area contributed by atoms with Crippen molar-refractivity contribution < 1.29 is 4.42 Å². The maximum absolute atomic E-state index is 6.38. The molecule has 0 saturated heterocycles. The van der Waals surface area contributed by atoms with Gasteiger partial charge >= 0.3 is 0 Å². The maximum Gasteiger partial charge on any atom is 0.164 e. The number of nitrogens with zero attached hydrogens (tertiary/aromatic N) is 4. The monoisotopic (exact) mass is 902 g/mol. The van der Waals surface area contributed by atoms with Crippen LogP contribution in [0.2, 0.25) is 0 Å². The number of rotatable bonds is 5. The molecule has 10 aromatic carbocycles. The highest BCUT2D eigenvalue weighted by molar-refractivity contribution is 7.26. The Balaban J connectivity index is 1.03. The van der Waals surface area contributed by atoms with Crippen LogP contribution in [0.4, 0.5) is 0 Å². The molecule has 0 aliphatic heterocycles. The number of thiophene rings is 2. The Bertz CT molecular complexity index is 4460. The Labute approximate surface area is 396 Å². The Morgan fingerprint density at radius 2 is 0.897 bits per heavy atom. The first-order valence-corrected chi connectivity index (χ1v) is 24.4. The third kappa shape index (κ3) is 5.64. The lowest BCUT2D eigenvalue weighted by Crippen LogP contribution is -2.02. The number of benzene rings is 10. The van der Waals surface area contributed by atoms with Crippen molar-refractivity contribution in [3.05, 3.63) is 206 Å². The summed E-state index contributed by atoms with van der Waals surface area (Å²) in [5.41, 5.74) is 10.0. The van der Waals surface area contributed by atoms with E-state index in [9.17, 15) is 0 Å². The average molecular weight is 903 g/mol. The highest BCUT2D eigenvalue weighted by atomic mass is 32.1. The predicted octanol–water partition coefficient (Wildman–Crippen LogP) is 17.4. The van der Waals surface area contributed by atoms with Gasteiger partial charge in [0.25, 0.3) is 0 Å². The van der Waals surface area contributed by atoms with Crippen LogP contribution in [0.15, 0.2) is 211 Å². The van der Waals surface area contributed by atoms with Crippen molar-refractivity contribution in [1.82, 2.24) is 19.5 Å². The first-order chi connectivity index (χ1) is 33.7. The summed E-state index contributed by atoms with van der Waals surface area (Å²) in [5, 5.41) is 11.7. The fraction of sp³-hybridized carbons (Fsp3) is 0. The van der Waals surface area contributed by atoms with Gasteiger partial charge in [-0.05, 0) is 95.2 Å². The van der Waals surface area contributed by atoms with Gasteiger partial charge < -0.3 is 8.98 Å². The third-order valence-corrected chi connectivity index (χ3v) is 15.9. The van der Waals surface area contributed by atoms with Crippen LogP contribution in [0.25, 0.3) is 146 Å². The van der Waals surface area contributed by atoms with E-state index in [0.29, 0.717) is 17.5 Å². The number of para-hydroxylation sites is 2. The Kier molecular flexibility index (Phi) is 8.04. The molecule has 15 aromatic rings. The quantitative estimate of drug-likeness (QED) is 0.173. The number of fused-ring (bicyclic) bond motifs is 13. The zero-order chi connectivity index (χ0) is 44.5. The molecular formula is C61H34N4OS2. The first kappa shape index (κ1) is 37.7. The van der Waals surface area contributed by atoms with Crippen LogP contribution < -0.4 is 0 Å². The standard InChI is InChI=1S/C61H34N4OS2/c1-2-14-36-34-50-46(31-35(36)13-1)39-15-3-7-21-48(39)65(50)49-29-27-38(33-45(49)37-28-30-52-47(32-37)40-16-4-8-22-51(40)66-52)59-62-60(43-19-11-25-55-57(43)41-17-5-9-23-53(41)67-55)64-61(63-59)44-20-12-26-56-58(44)42-18-6-10-24-54(42)68-56/h1-34H. The zero-order valence-electron chi connectivity index (χ0n) is 36.1. The topological polar surface area (TPSA) is 56.7 Å². The molecule has 5 heterocycles. The highest BCUT2D eigenvalue weighted by Crippen LogP contribution is 2.44. The molecule has 15 rings (SSSR count). The van der Waals surface area contributed by atoms with Crippen molar-refractivity contribution in [2.24, 2.45) is 0 Å².